The maximum atomic E-state index is 12.1. The Hall–Kier alpha value is -2.20. The zero-order chi connectivity index (χ0) is 13.9. The molecule has 0 fully saturated rings. The van der Waals surface area contributed by atoms with Gasteiger partial charge in [-0.15, -0.1) is 11.3 Å². The molecule has 0 amide bonds. The number of pyridine rings is 1. The number of carbonyl (C=O) groups excluding carboxylic acids is 1. The van der Waals surface area contributed by atoms with Crippen LogP contribution in [0.2, 0.25) is 0 Å². The predicted octanol–water partition coefficient (Wildman–Crippen LogP) is 4.14. The Morgan fingerprint density at radius 3 is 2.85 bits per heavy atom. The van der Waals surface area contributed by atoms with Crippen molar-refractivity contribution in [1.82, 2.24) is 4.98 Å². The summed E-state index contributed by atoms with van der Waals surface area (Å²) in [5, 5.41) is 2.97. The van der Waals surface area contributed by atoms with E-state index in [0.29, 0.717) is 12.2 Å². The largest absolute Gasteiger partial charge is 0.462 e. The van der Waals surface area contributed by atoms with Gasteiger partial charge in [0.2, 0.25) is 0 Å². The second-order valence-corrected chi connectivity index (χ2v) is 5.21. The third-order valence-electron chi connectivity index (χ3n) is 3.04. The molecule has 0 atom stereocenters. The average molecular weight is 283 g/mol. The lowest BCUT2D eigenvalue weighted by atomic mass is 10.0. The minimum absolute atomic E-state index is 0.325. The maximum absolute atomic E-state index is 12.1. The van der Waals surface area contributed by atoms with Crippen molar-refractivity contribution in [2.45, 2.75) is 6.92 Å². The molecular formula is C16H13NO2S. The molecule has 0 unspecified atom stereocenters. The van der Waals surface area contributed by atoms with Crippen molar-refractivity contribution < 1.29 is 9.53 Å². The Morgan fingerprint density at radius 2 is 2.10 bits per heavy atom. The van der Waals surface area contributed by atoms with E-state index in [2.05, 4.69) is 4.98 Å². The number of aromatic nitrogens is 1. The molecule has 3 rings (SSSR count). The first-order valence-electron chi connectivity index (χ1n) is 6.40. The zero-order valence-electron chi connectivity index (χ0n) is 11.0. The van der Waals surface area contributed by atoms with Gasteiger partial charge >= 0.3 is 5.97 Å². The van der Waals surface area contributed by atoms with Gasteiger partial charge in [-0.2, -0.15) is 0 Å². The van der Waals surface area contributed by atoms with E-state index in [0.717, 1.165) is 21.3 Å². The van der Waals surface area contributed by atoms with E-state index in [9.17, 15) is 4.79 Å². The number of nitrogens with zero attached hydrogens (tertiary/aromatic N) is 1. The lowest BCUT2D eigenvalue weighted by molar-refractivity contribution is 0.0527. The second-order valence-electron chi connectivity index (χ2n) is 4.26. The van der Waals surface area contributed by atoms with Gasteiger partial charge in [-0.25, -0.2) is 4.79 Å². The van der Waals surface area contributed by atoms with Crippen LogP contribution in [0.25, 0.3) is 21.3 Å². The summed E-state index contributed by atoms with van der Waals surface area (Å²) in [6.45, 7) is 2.16. The summed E-state index contributed by atoms with van der Waals surface area (Å²) in [7, 11) is 0. The average Bonchev–Trinajstić information content (AvgIpc) is 3.00. The van der Waals surface area contributed by atoms with E-state index < -0.39 is 0 Å². The SMILES string of the molecule is CCOC(=O)c1cnc2ccccc2c1-c1cccs1. The van der Waals surface area contributed by atoms with Gasteiger partial charge in [0, 0.05) is 22.0 Å². The Bertz CT molecular complexity index is 750. The summed E-state index contributed by atoms with van der Waals surface area (Å²) in [5.74, 6) is -0.325. The summed E-state index contributed by atoms with van der Waals surface area (Å²) in [4.78, 5) is 17.6. The molecule has 3 nitrogen and oxygen atoms in total. The number of carbonyl (C=O) groups is 1. The van der Waals surface area contributed by atoms with Gasteiger partial charge in [-0.3, -0.25) is 4.98 Å². The van der Waals surface area contributed by atoms with Gasteiger partial charge in [-0.05, 0) is 24.4 Å². The van der Waals surface area contributed by atoms with Crippen LogP contribution in [0.5, 0.6) is 0 Å². The zero-order valence-corrected chi connectivity index (χ0v) is 11.8. The Kier molecular flexibility index (Phi) is 3.48. The molecule has 0 aliphatic rings. The van der Waals surface area contributed by atoms with Gasteiger partial charge in [0.05, 0.1) is 17.7 Å². The van der Waals surface area contributed by atoms with Gasteiger partial charge in [-0.1, -0.05) is 24.3 Å². The van der Waals surface area contributed by atoms with Crippen molar-refractivity contribution in [3.05, 3.63) is 53.5 Å². The van der Waals surface area contributed by atoms with Crippen LogP contribution in [-0.4, -0.2) is 17.6 Å². The van der Waals surface area contributed by atoms with E-state index >= 15 is 0 Å². The molecule has 20 heavy (non-hydrogen) atoms. The number of hydrogen-bond donors (Lipinski definition) is 0. The number of rotatable bonds is 3. The summed E-state index contributed by atoms with van der Waals surface area (Å²) in [6, 6.07) is 11.8. The van der Waals surface area contributed by atoms with Crippen LogP contribution < -0.4 is 0 Å². The summed E-state index contributed by atoms with van der Waals surface area (Å²) in [5.41, 5.74) is 2.31. The molecule has 0 bridgehead atoms. The van der Waals surface area contributed by atoms with Crippen LogP contribution in [-0.2, 0) is 4.74 Å². The first-order chi connectivity index (χ1) is 9.81. The van der Waals surface area contributed by atoms with E-state index in [-0.39, 0.29) is 5.97 Å². The van der Waals surface area contributed by atoms with E-state index in [1.54, 1.807) is 24.5 Å². The lowest BCUT2D eigenvalue weighted by Gasteiger charge is -2.10. The number of ether oxygens (including phenoxy) is 1. The molecule has 4 heteroatoms. The maximum Gasteiger partial charge on any atom is 0.340 e. The summed E-state index contributed by atoms with van der Waals surface area (Å²) in [6.07, 6.45) is 1.61. The fourth-order valence-electron chi connectivity index (χ4n) is 2.19. The van der Waals surface area contributed by atoms with Crippen molar-refractivity contribution in [3.8, 4) is 10.4 Å². The molecule has 0 saturated carbocycles. The Morgan fingerprint density at radius 1 is 1.25 bits per heavy atom. The number of benzene rings is 1. The van der Waals surface area contributed by atoms with Crippen LogP contribution in [0, 0.1) is 0 Å². The molecule has 0 aliphatic heterocycles. The standard InChI is InChI=1S/C16H13NO2S/c1-2-19-16(18)12-10-17-13-7-4-3-6-11(13)15(12)14-8-5-9-20-14/h3-10H,2H2,1H3. The number of fused-ring (bicyclic) bond motifs is 1. The second kappa shape index (κ2) is 5.43. The minimum Gasteiger partial charge on any atom is -0.462 e. The number of esters is 1. The lowest BCUT2D eigenvalue weighted by Crippen LogP contribution is -2.07. The fourth-order valence-corrected chi connectivity index (χ4v) is 2.99. The van der Waals surface area contributed by atoms with Crippen molar-refractivity contribution in [2.24, 2.45) is 0 Å². The van der Waals surface area contributed by atoms with Crippen LogP contribution in [0.15, 0.2) is 48.0 Å². The van der Waals surface area contributed by atoms with Gasteiger partial charge in [0.1, 0.15) is 0 Å². The first-order valence-corrected chi connectivity index (χ1v) is 7.28. The minimum atomic E-state index is -0.325. The Balaban J connectivity index is 2.30. The number of hydrogen-bond acceptors (Lipinski definition) is 4. The molecule has 100 valence electrons. The molecule has 0 saturated heterocycles. The van der Waals surface area contributed by atoms with Crippen LogP contribution in [0.3, 0.4) is 0 Å². The number of thiophene rings is 1. The highest BCUT2D eigenvalue weighted by molar-refractivity contribution is 7.13. The van der Waals surface area contributed by atoms with Crippen molar-refractivity contribution in [3.63, 3.8) is 0 Å². The molecule has 2 aromatic heterocycles. The highest BCUT2D eigenvalue weighted by atomic mass is 32.1. The molecule has 0 radical (unpaired) electrons. The fraction of sp³-hybridized carbons (Fsp3) is 0.125. The van der Waals surface area contributed by atoms with Crippen molar-refractivity contribution in [1.29, 1.82) is 0 Å². The molecule has 0 aliphatic carbocycles. The molecule has 0 N–H and O–H groups in total. The highest BCUT2D eigenvalue weighted by Crippen LogP contribution is 2.34. The van der Waals surface area contributed by atoms with E-state index in [4.69, 9.17) is 4.74 Å². The van der Waals surface area contributed by atoms with Crippen LogP contribution in [0.4, 0.5) is 0 Å². The monoisotopic (exact) mass is 283 g/mol. The molecule has 3 aromatic rings. The summed E-state index contributed by atoms with van der Waals surface area (Å²) < 4.78 is 5.14. The summed E-state index contributed by atoms with van der Waals surface area (Å²) >= 11 is 1.60. The van der Waals surface area contributed by atoms with Gasteiger partial charge in [0.25, 0.3) is 0 Å². The predicted molar refractivity (Wildman–Crippen MR) is 81.0 cm³/mol. The van der Waals surface area contributed by atoms with Crippen molar-refractivity contribution in [2.75, 3.05) is 6.61 Å². The third-order valence-corrected chi connectivity index (χ3v) is 3.93. The van der Waals surface area contributed by atoms with Crippen molar-refractivity contribution >= 4 is 28.2 Å². The van der Waals surface area contributed by atoms with Gasteiger partial charge in [0.15, 0.2) is 0 Å². The highest BCUT2D eigenvalue weighted by Gasteiger charge is 2.18. The molecule has 2 heterocycles. The van der Waals surface area contributed by atoms with Crippen LogP contribution >= 0.6 is 11.3 Å². The molecular weight excluding hydrogens is 270 g/mol. The molecule has 1 aromatic carbocycles. The van der Waals surface area contributed by atoms with E-state index in [1.165, 1.54) is 0 Å². The van der Waals surface area contributed by atoms with Gasteiger partial charge < -0.3 is 4.74 Å². The Labute approximate surface area is 120 Å². The molecule has 0 spiro atoms. The normalized spacial score (nSPS) is 10.7. The number of para-hydroxylation sites is 1. The first kappa shape index (κ1) is 12.8. The quantitative estimate of drug-likeness (QED) is 0.678. The third kappa shape index (κ3) is 2.18. The van der Waals surface area contributed by atoms with Crippen LogP contribution in [0.1, 0.15) is 17.3 Å². The topological polar surface area (TPSA) is 39.2 Å². The smallest absolute Gasteiger partial charge is 0.340 e. The van der Waals surface area contributed by atoms with E-state index in [1.807, 2.05) is 41.8 Å².